The Morgan fingerprint density at radius 3 is 2.35 bits per heavy atom. The van der Waals surface area contributed by atoms with Gasteiger partial charge in [-0.15, -0.1) is 0 Å². The molecular formula is C21H25FN2O2. The van der Waals surface area contributed by atoms with Crippen LogP contribution in [0.1, 0.15) is 29.2 Å². The van der Waals surface area contributed by atoms with E-state index >= 15 is 0 Å². The van der Waals surface area contributed by atoms with Gasteiger partial charge in [0.15, 0.2) is 0 Å². The number of carbonyl (C=O) groups excluding carboxylic acids is 2. The summed E-state index contributed by atoms with van der Waals surface area (Å²) >= 11 is 0. The Kier molecular flexibility index (Phi) is 6.50. The fraction of sp³-hybridized carbons (Fsp3) is 0.333. The summed E-state index contributed by atoms with van der Waals surface area (Å²) in [6, 6.07) is 10.2. The Morgan fingerprint density at radius 2 is 1.73 bits per heavy atom. The van der Waals surface area contributed by atoms with Gasteiger partial charge >= 0.3 is 0 Å². The largest absolute Gasteiger partial charge is 0.347 e. The molecule has 0 saturated heterocycles. The molecule has 0 bridgehead atoms. The number of benzene rings is 2. The maximum absolute atomic E-state index is 13.2. The maximum Gasteiger partial charge on any atom is 0.243 e. The van der Waals surface area contributed by atoms with E-state index in [9.17, 15) is 14.0 Å². The number of rotatable bonds is 6. The highest BCUT2D eigenvalue weighted by Crippen LogP contribution is 2.21. The predicted octanol–water partition coefficient (Wildman–Crippen LogP) is 3.68. The van der Waals surface area contributed by atoms with E-state index in [1.807, 2.05) is 32.9 Å². The average Bonchev–Trinajstić information content (AvgIpc) is 2.55. The molecule has 2 amide bonds. The van der Waals surface area contributed by atoms with Crippen molar-refractivity contribution in [1.82, 2.24) is 5.32 Å². The van der Waals surface area contributed by atoms with Gasteiger partial charge in [0.2, 0.25) is 11.8 Å². The minimum atomic E-state index is -0.354. The number of hydrogen-bond acceptors (Lipinski definition) is 2. The van der Waals surface area contributed by atoms with Crippen LogP contribution in [-0.2, 0) is 16.0 Å². The number of halogens is 1. The summed E-state index contributed by atoms with van der Waals surface area (Å²) in [5, 5.41) is 5.50. The zero-order chi connectivity index (χ0) is 19.3. The molecule has 1 unspecified atom stereocenters. The van der Waals surface area contributed by atoms with Crippen LogP contribution >= 0.6 is 0 Å². The van der Waals surface area contributed by atoms with Crippen LogP contribution in [0.3, 0.4) is 0 Å². The van der Waals surface area contributed by atoms with Crippen molar-refractivity contribution in [3.63, 3.8) is 0 Å². The summed E-state index contributed by atoms with van der Waals surface area (Å²) in [6.45, 7) is 7.54. The number of aryl methyl sites for hydroxylation is 3. The minimum absolute atomic E-state index is 0.0981. The molecule has 138 valence electrons. The van der Waals surface area contributed by atoms with Crippen LogP contribution < -0.4 is 10.6 Å². The first-order valence-electron chi connectivity index (χ1n) is 8.66. The molecule has 0 heterocycles. The fourth-order valence-corrected chi connectivity index (χ4v) is 3.01. The maximum atomic E-state index is 13.2. The Morgan fingerprint density at radius 1 is 1.08 bits per heavy atom. The second-order valence-corrected chi connectivity index (χ2v) is 6.77. The van der Waals surface area contributed by atoms with Crippen molar-refractivity contribution in [2.24, 2.45) is 5.92 Å². The molecule has 0 aromatic heterocycles. The van der Waals surface area contributed by atoms with Crippen molar-refractivity contribution >= 4 is 17.5 Å². The van der Waals surface area contributed by atoms with E-state index in [0.29, 0.717) is 6.42 Å². The lowest BCUT2D eigenvalue weighted by Gasteiger charge is -2.15. The van der Waals surface area contributed by atoms with Crippen molar-refractivity contribution < 1.29 is 14.0 Å². The predicted molar refractivity (Wildman–Crippen MR) is 102 cm³/mol. The van der Waals surface area contributed by atoms with Gasteiger partial charge in [0, 0.05) is 11.6 Å². The van der Waals surface area contributed by atoms with E-state index in [1.54, 1.807) is 19.1 Å². The second-order valence-electron chi connectivity index (χ2n) is 6.77. The van der Waals surface area contributed by atoms with Crippen LogP contribution in [0.2, 0.25) is 0 Å². The molecule has 26 heavy (non-hydrogen) atoms. The molecule has 2 aromatic rings. The molecule has 2 aromatic carbocycles. The highest BCUT2D eigenvalue weighted by atomic mass is 19.1. The minimum Gasteiger partial charge on any atom is -0.347 e. The van der Waals surface area contributed by atoms with Crippen LogP contribution in [0.4, 0.5) is 10.1 Å². The molecule has 0 fully saturated rings. The van der Waals surface area contributed by atoms with Gasteiger partial charge in [-0.05, 0) is 56.0 Å². The molecular weight excluding hydrogens is 331 g/mol. The summed E-state index contributed by atoms with van der Waals surface area (Å²) in [4.78, 5) is 24.3. The monoisotopic (exact) mass is 356 g/mol. The van der Waals surface area contributed by atoms with E-state index in [-0.39, 0.29) is 30.1 Å². The van der Waals surface area contributed by atoms with Crippen molar-refractivity contribution in [2.45, 2.75) is 34.1 Å². The van der Waals surface area contributed by atoms with Gasteiger partial charge in [-0.3, -0.25) is 9.59 Å². The third-order valence-corrected chi connectivity index (χ3v) is 4.24. The summed E-state index contributed by atoms with van der Waals surface area (Å²) in [5.41, 5.74) is 4.64. The van der Waals surface area contributed by atoms with Crippen LogP contribution in [0.15, 0.2) is 36.4 Å². The lowest BCUT2D eigenvalue weighted by Crippen LogP contribution is -2.36. The topological polar surface area (TPSA) is 58.2 Å². The summed E-state index contributed by atoms with van der Waals surface area (Å²) in [6.07, 6.45) is 0.418. The number of hydrogen-bond donors (Lipinski definition) is 2. The van der Waals surface area contributed by atoms with Crippen molar-refractivity contribution in [2.75, 3.05) is 11.9 Å². The van der Waals surface area contributed by atoms with Crippen LogP contribution in [-0.4, -0.2) is 18.4 Å². The molecule has 0 aliphatic rings. The third-order valence-electron chi connectivity index (χ3n) is 4.24. The molecule has 2 rings (SSSR count). The smallest absolute Gasteiger partial charge is 0.243 e. The third kappa shape index (κ3) is 5.41. The van der Waals surface area contributed by atoms with Crippen molar-refractivity contribution in [3.8, 4) is 0 Å². The highest BCUT2D eigenvalue weighted by Gasteiger charge is 2.15. The first kappa shape index (κ1) is 19.6. The van der Waals surface area contributed by atoms with Crippen LogP contribution in [0.5, 0.6) is 0 Å². The van der Waals surface area contributed by atoms with E-state index in [0.717, 1.165) is 27.9 Å². The molecule has 0 saturated carbocycles. The summed E-state index contributed by atoms with van der Waals surface area (Å²) < 4.78 is 13.2. The molecule has 0 aliphatic carbocycles. The Hall–Kier alpha value is -2.69. The van der Waals surface area contributed by atoms with E-state index < -0.39 is 0 Å². The molecule has 0 aliphatic heterocycles. The Balaban J connectivity index is 1.87. The Bertz CT molecular complexity index is 794. The number of amides is 2. The van der Waals surface area contributed by atoms with E-state index in [4.69, 9.17) is 0 Å². The van der Waals surface area contributed by atoms with Gasteiger partial charge in [0.1, 0.15) is 5.82 Å². The van der Waals surface area contributed by atoms with Crippen LogP contribution in [0.25, 0.3) is 0 Å². The van der Waals surface area contributed by atoms with Gasteiger partial charge in [0.05, 0.1) is 6.54 Å². The first-order valence-corrected chi connectivity index (χ1v) is 8.66. The normalized spacial score (nSPS) is 11.7. The Labute approximate surface area is 153 Å². The highest BCUT2D eigenvalue weighted by molar-refractivity contribution is 5.96. The van der Waals surface area contributed by atoms with Gasteiger partial charge in [-0.25, -0.2) is 4.39 Å². The average molecular weight is 356 g/mol. The van der Waals surface area contributed by atoms with Crippen LogP contribution in [0, 0.1) is 32.5 Å². The van der Waals surface area contributed by atoms with E-state index in [2.05, 4.69) is 10.6 Å². The molecule has 5 heteroatoms. The lowest BCUT2D eigenvalue weighted by atomic mass is 10.0. The van der Waals surface area contributed by atoms with Gasteiger partial charge < -0.3 is 10.6 Å². The molecule has 0 spiro atoms. The number of carbonyl (C=O) groups is 2. The second kappa shape index (κ2) is 8.61. The molecule has 4 nitrogen and oxygen atoms in total. The summed E-state index contributed by atoms with van der Waals surface area (Å²) in [7, 11) is 0. The van der Waals surface area contributed by atoms with Gasteiger partial charge in [-0.2, -0.15) is 0 Å². The van der Waals surface area contributed by atoms with E-state index in [1.165, 1.54) is 12.1 Å². The zero-order valence-corrected chi connectivity index (χ0v) is 15.7. The van der Waals surface area contributed by atoms with Gasteiger partial charge in [0.25, 0.3) is 0 Å². The first-order chi connectivity index (χ1) is 12.3. The van der Waals surface area contributed by atoms with Crippen molar-refractivity contribution in [3.05, 3.63) is 64.5 Å². The number of nitrogens with one attached hydrogen (secondary N) is 2. The summed E-state index contributed by atoms with van der Waals surface area (Å²) in [5.74, 6) is -1.18. The lowest BCUT2D eigenvalue weighted by molar-refractivity contribution is -0.126. The fourth-order valence-electron chi connectivity index (χ4n) is 3.01. The molecule has 1 atom stereocenters. The molecule has 2 N–H and O–H groups in total. The zero-order valence-electron chi connectivity index (χ0n) is 15.7. The van der Waals surface area contributed by atoms with Gasteiger partial charge in [-0.1, -0.05) is 36.8 Å². The SMILES string of the molecule is Cc1cc(C)c(NC(=O)CNC(=O)C(C)Cc2cccc(F)c2)c(C)c1. The number of anilines is 1. The van der Waals surface area contributed by atoms with Crippen molar-refractivity contribution in [1.29, 1.82) is 0 Å². The standard InChI is InChI=1S/C21H25FN2O2/c1-13-8-14(2)20(15(3)9-13)24-19(25)12-23-21(26)16(4)10-17-6-5-7-18(22)11-17/h5-9,11,16H,10,12H2,1-4H3,(H,23,26)(H,24,25). The quantitative estimate of drug-likeness (QED) is 0.829. The molecule has 0 radical (unpaired) electrons.